The summed E-state index contributed by atoms with van der Waals surface area (Å²) in [6, 6.07) is 2.67. The predicted molar refractivity (Wildman–Crippen MR) is 66.4 cm³/mol. The molecule has 6 nitrogen and oxygen atoms in total. The van der Waals surface area contributed by atoms with Gasteiger partial charge in [-0.2, -0.15) is 0 Å². The Morgan fingerprint density at radius 3 is 2.83 bits per heavy atom. The van der Waals surface area contributed by atoms with E-state index in [1.165, 1.54) is 15.5 Å². The van der Waals surface area contributed by atoms with Crippen molar-refractivity contribution in [1.29, 1.82) is 0 Å². The maximum Gasteiger partial charge on any atom is 0.254 e. The summed E-state index contributed by atoms with van der Waals surface area (Å²) in [5.41, 5.74) is 0.124. The molecule has 1 aliphatic rings. The molecule has 1 aliphatic heterocycles. The first-order valence-corrected chi connectivity index (χ1v) is 5.83. The third-order valence-electron chi connectivity index (χ3n) is 3.32. The third kappa shape index (κ3) is 2.30. The van der Waals surface area contributed by atoms with Crippen molar-refractivity contribution in [1.82, 2.24) is 14.8 Å². The Kier molecular flexibility index (Phi) is 3.49. The summed E-state index contributed by atoms with van der Waals surface area (Å²) in [6.07, 6.45) is 0.998. The van der Waals surface area contributed by atoms with Crippen molar-refractivity contribution in [2.75, 3.05) is 20.1 Å². The molecule has 18 heavy (non-hydrogen) atoms. The number of nitrogens with one attached hydrogen (secondary N) is 1. The molecule has 2 atom stereocenters. The molecular weight excluding hydrogens is 234 g/mol. The van der Waals surface area contributed by atoms with Gasteiger partial charge >= 0.3 is 0 Å². The van der Waals surface area contributed by atoms with E-state index in [2.05, 4.69) is 5.32 Å². The maximum atomic E-state index is 12.2. The van der Waals surface area contributed by atoms with Crippen LogP contribution in [0.15, 0.2) is 23.1 Å². The number of hydrogen-bond acceptors (Lipinski definition) is 4. The highest BCUT2D eigenvalue weighted by Crippen LogP contribution is 2.11. The molecule has 0 radical (unpaired) electrons. The summed E-state index contributed by atoms with van der Waals surface area (Å²) in [5.74, 6) is -0.250. The fourth-order valence-corrected chi connectivity index (χ4v) is 2.08. The second-order valence-corrected chi connectivity index (χ2v) is 4.57. The van der Waals surface area contributed by atoms with Crippen molar-refractivity contribution in [2.45, 2.75) is 12.1 Å². The molecule has 2 N–H and O–H groups in total. The standard InChI is InChI=1S/C12H17N3O3/c1-14-4-3-8(5-11(14)17)12(18)15(2)9-6-13-7-10(9)16/h3-5,9-10,13,16H,6-7H2,1-2H3/t9-,10-/m0/s1. The Morgan fingerprint density at radius 1 is 1.56 bits per heavy atom. The first-order chi connectivity index (χ1) is 8.50. The van der Waals surface area contributed by atoms with Crippen molar-refractivity contribution in [3.63, 3.8) is 0 Å². The number of aliphatic hydroxyl groups is 1. The van der Waals surface area contributed by atoms with Gasteiger partial charge in [0.25, 0.3) is 11.5 Å². The predicted octanol–water partition coefficient (Wildman–Crippen LogP) is -1.21. The first kappa shape index (κ1) is 12.8. The van der Waals surface area contributed by atoms with E-state index in [9.17, 15) is 14.7 Å². The molecular formula is C12H17N3O3. The largest absolute Gasteiger partial charge is 0.390 e. The van der Waals surface area contributed by atoms with E-state index in [1.807, 2.05) is 0 Å². The summed E-state index contributed by atoms with van der Waals surface area (Å²) in [4.78, 5) is 25.1. The molecule has 1 aromatic heterocycles. The first-order valence-electron chi connectivity index (χ1n) is 5.83. The lowest BCUT2D eigenvalue weighted by molar-refractivity contribution is 0.0581. The van der Waals surface area contributed by atoms with Crippen LogP contribution in [0.25, 0.3) is 0 Å². The Bertz CT molecular complexity index is 512. The van der Waals surface area contributed by atoms with Crippen LogP contribution in [0.5, 0.6) is 0 Å². The normalized spacial score (nSPS) is 23.1. The number of carbonyl (C=O) groups excluding carboxylic acids is 1. The molecule has 98 valence electrons. The van der Waals surface area contributed by atoms with E-state index in [4.69, 9.17) is 0 Å². The number of carbonyl (C=O) groups is 1. The average molecular weight is 251 g/mol. The lowest BCUT2D eigenvalue weighted by atomic mass is 10.1. The van der Waals surface area contributed by atoms with Gasteiger partial charge in [-0.25, -0.2) is 0 Å². The van der Waals surface area contributed by atoms with Gasteiger partial charge in [0.1, 0.15) is 0 Å². The molecule has 1 saturated heterocycles. The zero-order valence-electron chi connectivity index (χ0n) is 10.5. The summed E-state index contributed by atoms with van der Waals surface area (Å²) >= 11 is 0. The van der Waals surface area contributed by atoms with E-state index in [0.29, 0.717) is 18.7 Å². The molecule has 0 aliphatic carbocycles. The number of β-amino-alcohol motifs (C(OH)–C–C–N with tert-alkyl or cyclic N) is 1. The molecule has 1 amide bonds. The van der Waals surface area contributed by atoms with Gasteiger partial charge < -0.3 is 19.9 Å². The summed E-state index contributed by atoms with van der Waals surface area (Å²) in [5, 5.41) is 12.8. The summed E-state index contributed by atoms with van der Waals surface area (Å²) in [6.45, 7) is 1.05. The molecule has 2 heterocycles. The van der Waals surface area contributed by atoms with Crippen molar-refractivity contribution < 1.29 is 9.90 Å². The minimum absolute atomic E-state index is 0.223. The molecule has 0 unspecified atom stereocenters. The highest BCUT2D eigenvalue weighted by Gasteiger charge is 2.31. The van der Waals surface area contributed by atoms with Crippen LogP contribution < -0.4 is 10.9 Å². The lowest BCUT2D eigenvalue weighted by Crippen LogP contribution is -2.44. The highest BCUT2D eigenvalue weighted by atomic mass is 16.3. The van der Waals surface area contributed by atoms with Gasteiger partial charge in [-0.05, 0) is 6.07 Å². The van der Waals surface area contributed by atoms with Crippen LogP contribution in [0, 0.1) is 0 Å². The molecule has 0 spiro atoms. The van der Waals surface area contributed by atoms with Gasteiger partial charge in [-0.15, -0.1) is 0 Å². The van der Waals surface area contributed by atoms with Gasteiger partial charge in [0.2, 0.25) is 0 Å². The molecule has 0 aromatic carbocycles. The Hall–Kier alpha value is -1.66. The number of pyridine rings is 1. The van der Waals surface area contributed by atoms with E-state index >= 15 is 0 Å². The van der Waals surface area contributed by atoms with Crippen LogP contribution in [-0.4, -0.2) is 52.8 Å². The number of likely N-dealkylation sites (N-methyl/N-ethyl adjacent to an activating group) is 1. The third-order valence-corrected chi connectivity index (χ3v) is 3.32. The van der Waals surface area contributed by atoms with Crippen LogP contribution in [0.2, 0.25) is 0 Å². The van der Waals surface area contributed by atoms with Gasteiger partial charge in [0, 0.05) is 45.0 Å². The fourth-order valence-electron chi connectivity index (χ4n) is 2.08. The van der Waals surface area contributed by atoms with Crippen LogP contribution in [0.3, 0.4) is 0 Å². The second-order valence-electron chi connectivity index (χ2n) is 4.57. The van der Waals surface area contributed by atoms with Crippen LogP contribution >= 0.6 is 0 Å². The average Bonchev–Trinajstić information content (AvgIpc) is 2.77. The van der Waals surface area contributed by atoms with E-state index < -0.39 is 6.10 Å². The molecule has 2 rings (SSSR count). The number of aromatic nitrogens is 1. The Labute approximate surface area is 105 Å². The van der Waals surface area contributed by atoms with Gasteiger partial charge in [0.05, 0.1) is 12.1 Å². The summed E-state index contributed by atoms with van der Waals surface area (Å²) in [7, 11) is 3.27. The van der Waals surface area contributed by atoms with Crippen molar-refractivity contribution >= 4 is 5.91 Å². The van der Waals surface area contributed by atoms with Crippen LogP contribution in [0.4, 0.5) is 0 Å². The van der Waals surface area contributed by atoms with E-state index in [-0.39, 0.29) is 17.5 Å². The Balaban J connectivity index is 2.20. The van der Waals surface area contributed by atoms with Gasteiger partial charge in [0.15, 0.2) is 0 Å². The number of aliphatic hydroxyl groups excluding tert-OH is 1. The maximum absolute atomic E-state index is 12.2. The Morgan fingerprint density at radius 2 is 2.28 bits per heavy atom. The zero-order valence-corrected chi connectivity index (χ0v) is 10.5. The van der Waals surface area contributed by atoms with E-state index in [0.717, 1.165) is 0 Å². The van der Waals surface area contributed by atoms with Crippen molar-refractivity contribution in [2.24, 2.45) is 7.05 Å². The smallest absolute Gasteiger partial charge is 0.254 e. The number of amides is 1. The second kappa shape index (κ2) is 4.91. The van der Waals surface area contributed by atoms with Crippen molar-refractivity contribution in [3.8, 4) is 0 Å². The minimum atomic E-state index is -0.564. The monoisotopic (exact) mass is 251 g/mol. The minimum Gasteiger partial charge on any atom is -0.390 e. The number of nitrogens with zero attached hydrogens (tertiary/aromatic N) is 2. The van der Waals surface area contributed by atoms with Crippen LogP contribution in [0.1, 0.15) is 10.4 Å². The van der Waals surface area contributed by atoms with Crippen LogP contribution in [-0.2, 0) is 7.05 Å². The lowest BCUT2D eigenvalue weighted by Gasteiger charge is -2.26. The quantitative estimate of drug-likeness (QED) is 0.691. The number of rotatable bonds is 2. The summed E-state index contributed by atoms with van der Waals surface area (Å²) < 4.78 is 1.41. The van der Waals surface area contributed by atoms with Gasteiger partial charge in [-0.3, -0.25) is 9.59 Å². The van der Waals surface area contributed by atoms with E-state index in [1.54, 1.807) is 26.4 Å². The molecule has 1 fully saturated rings. The topological polar surface area (TPSA) is 74.6 Å². The molecule has 1 aromatic rings. The van der Waals surface area contributed by atoms with Gasteiger partial charge in [-0.1, -0.05) is 0 Å². The number of aryl methyl sites for hydroxylation is 1. The zero-order chi connectivity index (χ0) is 13.3. The van der Waals surface area contributed by atoms with Crippen molar-refractivity contribution in [3.05, 3.63) is 34.2 Å². The fraction of sp³-hybridized carbons (Fsp3) is 0.500. The molecule has 0 saturated carbocycles. The number of hydrogen-bond donors (Lipinski definition) is 2. The SMILES string of the molecule is CN(C(=O)c1ccn(C)c(=O)c1)[C@H]1CNC[C@@H]1O. The molecule has 0 bridgehead atoms. The highest BCUT2D eigenvalue weighted by molar-refractivity contribution is 5.94. The molecule has 6 heteroatoms.